The highest BCUT2D eigenvalue weighted by atomic mass is 32.2. The fourth-order valence-electron chi connectivity index (χ4n) is 1.67. The number of benzene rings is 1. The number of carboxylic acids is 1. The molecule has 0 saturated heterocycles. The van der Waals surface area contributed by atoms with Crippen LogP contribution < -0.4 is 14.8 Å². The van der Waals surface area contributed by atoms with Crippen molar-refractivity contribution >= 4 is 27.6 Å². The van der Waals surface area contributed by atoms with E-state index in [1.165, 1.54) is 19.1 Å². The maximum atomic E-state index is 11.9. The Hall–Kier alpha value is -2.29. The Balaban J connectivity index is 2.56. The molecule has 1 atom stereocenters. The van der Waals surface area contributed by atoms with Gasteiger partial charge in [-0.1, -0.05) is 6.92 Å². The van der Waals surface area contributed by atoms with Gasteiger partial charge < -0.3 is 15.2 Å². The number of anilines is 1. The Labute approximate surface area is 141 Å². The van der Waals surface area contributed by atoms with Gasteiger partial charge in [0, 0.05) is 12.2 Å². The Morgan fingerprint density at radius 2 is 1.75 bits per heavy atom. The topological polar surface area (TPSA) is 122 Å². The van der Waals surface area contributed by atoms with Gasteiger partial charge in [-0.2, -0.15) is 0 Å². The summed E-state index contributed by atoms with van der Waals surface area (Å²) in [5, 5.41) is 11.0. The van der Waals surface area contributed by atoms with E-state index in [0.29, 0.717) is 11.4 Å². The summed E-state index contributed by atoms with van der Waals surface area (Å²) in [6.45, 7) is 5.03. The summed E-state index contributed by atoms with van der Waals surface area (Å²) in [6.07, 6.45) is 0.00410. The quantitative estimate of drug-likeness (QED) is 0.607. The lowest BCUT2D eigenvalue weighted by Crippen LogP contribution is -2.36. The summed E-state index contributed by atoms with van der Waals surface area (Å²) in [6, 6.07) is 6.29. The highest BCUT2D eigenvalue weighted by molar-refractivity contribution is 7.93. The predicted molar refractivity (Wildman–Crippen MR) is 89.4 cm³/mol. The summed E-state index contributed by atoms with van der Waals surface area (Å²) in [7, 11) is -3.89. The van der Waals surface area contributed by atoms with Gasteiger partial charge in [-0.25, -0.2) is 8.42 Å². The number of ether oxygens (including phenoxy) is 1. The maximum absolute atomic E-state index is 11.9. The van der Waals surface area contributed by atoms with Gasteiger partial charge in [0.2, 0.25) is 15.9 Å². The van der Waals surface area contributed by atoms with Gasteiger partial charge in [0.05, 0.1) is 12.0 Å². The fourth-order valence-corrected chi connectivity index (χ4v) is 2.68. The lowest BCUT2D eigenvalue weighted by Gasteiger charge is -2.12. The number of amides is 1. The molecule has 0 fully saturated rings. The Bertz CT molecular complexity index is 670. The first-order chi connectivity index (χ1) is 11.1. The van der Waals surface area contributed by atoms with Crippen molar-refractivity contribution in [1.82, 2.24) is 5.32 Å². The van der Waals surface area contributed by atoms with E-state index in [2.05, 4.69) is 10.0 Å². The number of carbonyl (C=O) groups is 2. The first-order valence-corrected chi connectivity index (χ1v) is 9.01. The number of rotatable bonds is 9. The number of hydrogen-bond donors (Lipinski definition) is 3. The molecule has 0 saturated carbocycles. The van der Waals surface area contributed by atoms with Gasteiger partial charge >= 0.3 is 5.97 Å². The van der Waals surface area contributed by atoms with E-state index < -0.39 is 33.6 Å². The first kappa shape index (κ1) is 19.8. The van der Waals surface area contributed by atoms with Crippen LogP contribution in [-0.2, 0) is 19.6 Å². The van der Waals surface area contributed by atoms with Crippen LogP contribution in [0.2, 0.25) is 0 Å². The minimum absolute atomic E-state index is 0.00410. The van der Waals surface area contributed by atoms with Crippen molar-refractivity contribution in [2.75, 3.05) is 17.0 Å². The SMILES string of the molecule is CC(C)Oc1ccc(NS(=O)(=O)CC(=O)NCC(C)C(=O)O)cc1. The smallest absolute Gasteiger partial charge is 0.308 e. The van der Waals surface area contributed by atoms with Crippen LogP contribution in [0.15, 0.2) is 24.3 Å². The molecule has 0 aliphatic carbocycles. The molecule has 8 nitrogen and oxygen atoms in total. The van der Waals surface area contributed by atoms with Crippen LogP contribution in [0.5, 0.6) is 5.75 Å². The molecule has 3 N–H and O–H groups in total. The van der Waals surface area contributed by atoms with Crippen LogP contribution in [-0.4, -0.2) is 43.8 Å². The number of nitrogens with one attached hydrogen (secondary N) is 2. The van der Waals surface area contributed by atoms with Gasteiger partial charge in [0.1, 0.15) is 11.5 Å². The summed E-state index contributed by atoms with van der Waals surface area (Å²) in [5.74, 6) is -2.81. The average Bonchev–Trinajstić information content (AvgIpc) is 2.45. The van der Waals surface area contributed by atoms with Gasteiger partial charge in [-0.15, -0.1) is 0 Å². The second-order valence-corrected chi connectivity index (χ2v) is 7.32. The normalized spacial score (nSPS) is 12.5. The van der Waals surface area contributed by atoms with Crippen LogP contribution in [0.4, 0.5) is 5.69 Å². The van der Waals surface area contributed by atoms with Gasteiger partial charge in [-0.3, -0.25) is 14.3 Å². The van der Waals surface area contributed by atoms with Crippen molar-refractivity contribution in [3.63, 3.8) is 0 Å². The molecule has 0 aliphatic rings. The van der Waals surface area contributed by atoms with Crippen molar-refractivity contribution in [1.29, 1.82) is 0 Å². The molecule has 1 aromatic rings. The van der Waals surface area contributed by atoms with Gasteiger partial charge in [-0.05, 0) is 38.1 Å². The molecule has 134 valence electrons. The molecular formula is C15H22N2O6S. The molecule has 1 unspecified atom stereocenters. The molecule has 0 bridgehead atoms. The molecule has 1 rings (SSSR count). The Morgan fingerprint density at radius 1 is 1.17 bits per heavy atom. The molecule has 0 heterocycles. The highest BCUT2D eigenvalue weighted by Gasteiger charge is 2.18. The fraction of sp³-hybridized carbons (Fsp3) is 0.467. The van der Waals surface area contributed by atoms with Crippen molar-refractivity contribution in [2.45, 2.75) is 26.9 Å². The second kappa shape index (κ2) is 8.53. The van der Waals surface area contributed by atoms with Gasteiger partial charge in [0.15, 0.2) is 0 Å². The predicted octanol–water partition coefficient (Wildman–Crippen LogP) is 1.05. The van der Waals surface area contributed by atoms with Crippen LogP contribution in [0, 0.1) is 5.92 Å². The molecule has 24 heavy (non-hydrogen) atoms. The molecular weight excluding hydrogens is 336 g/mol. The lowest BCUT2D eigenvalue weighted by atomic mass is 10.2. The number of aliphatic carboxylic acids is 1. The zero-order valence-electron chi connectivity index (χ0n) is 13.8. The largest absolute Gasteiger partial charge is 0.491 e. The van der Waals surface area contributed by atoms with E-state index >= 15 is 0 Å². The Kier molecular flexibility index (Phi) is 7.02. The van der Waals surface area contributed by atoms with Crippen LogP contribution >= 0.6 is 0 Å². The summed E-state index contributed by atoms with van der Waals surface area (Å²) in [4.78, 5) is 22.2. The summed E-state index contributed by atoms with van der Waals surface area (Å²) >= 11 is 0. The van der Waals surface area contributed by atoms with E-state index in [0.717, 1.165) is 0 Å². The molecule has 1 aromatic carbocycles. The maximum Gasteiger partial charge on any atom is 0.308 e. The van der Waals surface area contributed by atoms with Crippen LogP contribution in [0.3, 0.4) is 0 Å². The number of carbonyl (C=O) groups excluding carboxylic acids is 1. The van der Waals surface area contributed by atoms with Crippen molar-refractivity contribution in [2.24, 2.45) is 5.92 Å². The molecule has 0 spiro atoms. The minimum Gasteiger partial charge on any atom is -0.491 e. The van der Waals surface area contributed by atoms with Crippen molar-refractivity contribution in [3.8, 4) is 5.75 Å². The number of carboxylic acid groups (broad SMARTS) is 1. The average molecular weight is 358 g/mol. The molecule has 1 amide bonds. The lowest BCUT2D eigenvalue weighted by molar-refractivity contribution is -0.141. The monoisotopic (exact) mass is 358 g/mol. The molecule has 0 aromatic heterocycles. The van der Waals surface area contributed by atoms with Crippen molar-refractivity contribution in [3.05, 3.63) is 24.3 Å². The highest BCUT2D eigenvalue weighted by Crippen LogP contribution is 2.17. The van der Waals surface area contributed by atoms with Crippen LogP contribution in [0.25, 0.3) is 0 Å². The summed E-state index contributed by atoms with van der Waals surface area (Å²) < 4.78 is 31.6. The van der Waals surface area contributed by atoms with E-state index in [1.54, 1.807) is 12.1 Å². The zero-order chi connectivity index (χ0) is 18.3. The van der Waals surface area contributed by atoms with E-state index in [1.807, 2.05) is 13.8 Å². The number of hydrogen-bond acceptors (Lipinski definition) is 5. The minimum atomic E-state index is -3.89. The van der Waals surface area contributed by atoms with Crippen LogP contribution in [0.1, 0.15) is 20.8 Å². The third kappa shape index (κ3) is 7.32. The molecule has 0 radical (unpaired) electrons. The second-order valence-electron chi connectivity index (χ2n) is 5.60. The van der Waals surface area contributed by atoms with E-state index in [-0.39, 0.29) is 12.6 Å². The molecule has 9 heteroatoms. The summed E-state index contributed by atoms with van der Waals surface area (Å²) in [5.41, 5.74) is 0.304. The standard InChI is InChI=1S/C15H22N2O6S/c1-10(2)23-13-6-4-12(5-7-13)17-24(21,22)9-14(18)16-8-11(3)15(19)20/h4-7,10-11,17H,8-9H2,1-3H3,(H,16,18)(H,19,20). The van der Waals surface area contributed by atoms with E-state index in [9.17, 15) is 18.0 Å². The third-order valence-electron chi connectivity index (χ3n) is 2.85. The van der Waals surface area contributed by atoms with Crippen molar-refractivity contribution < 1.29 is 27.9 Å². The molecule has 0 aliphatic heterocycles. The zero-order valence-corrected chi connectivity index (χ0v) is 14.6. The number of sulfonamides is 1. The van der Waals surface area contributed by atoms with E-state index in [4.69, 9.17) is 9.84 Å². The first-order valence-electron chi connectivity index (χ1n) is 7.36. The Morgan fingerprint density at radius 3 is 2.25 bits per heavy atom. The van der Waals surface area contributed by atoms with Gasteiger partial charge in [0.25, 0.3) is 0 Å². The third-order valence-corrected chi connectivity index (χ3v) is 4.04.